The Morgan fingerprint density at radius 2 is 1.73 bits per heavy atom. The molecule has 1 heterocycles. The maximum absolute atomic E-state index is 12.6. The molecule has 0 saturated carbocycles. The van der Waals surface area contributed by atoms with Crippen LogP contribution in [-0.2, 0) is 24.3 Å². The standard InChI is InChI=1S/C19H18Cl2N2O6S/c20-15-2-1-3-16(18(15)21)22-17(24)12-29-19(25)13-4-6-14(7-5-13)30(26,27)23-8-10-28-11-9-23/h1-7H,8-12H2,(H,22,24). The smallest absolute Gasteiger partial charge is 0.338 e. The van der Waals surface area contributed by atoms with Crippen LogP contribution < -0.4 is 5.32 Å². The highest BCUT2D eigenvalue weighted by molar-refractivity contribution is 7.89. The van der Waals surface area contributed by atoms with Crippen LogP contribution in [0.15, 0.2) is 47.4 Å². The van der Waals surface area contributed by atoms with Gasteiger partial charge in [0.1, 0.15) is 0 Å². The minimum atomic E-state index is -3.66. The highest BCUT2D eigenvalue weighted by atomic mass is 35.5. The molecule has 1 fully saturated rings. The summed E-state index contributed by atoms with van der Waals surface area (Å²) in [5.41, 5.74) is 0.410. The Balaban J connectivity index is 1.58. The predicted molar refractivity (Wildman–Crippen MR) is 111 cm³/mol. The van der Waals surface area contributed by atoms with Crippen molar-refractivity contribution in [2.75, 3.05) is 38.2 Å². The van der Waals surface area contributed by atoms with Gasteiger partial charge in [-0.2, -0.15) is 4.31 Å². The average Bonchev–Trinajstić information content (AvgIpc) is 2.76. The van der Waals surface area contributed by atoms with Crippen LogP contribution in [0.25, 0.3) is 0 Å². The average molecular weight is 473 g/mol. The number of amides is 1. The lowest BCUT2D eigenvalue weighted by atomic mass is 10.2. The number of carbonyl (C=O) groups excluding carboxylic acids is 2. The van der Waals surface area contributed by atoms with Crippen LogP contribution in [0.3, 0.4) is 0 Å². The molecular weight excluding hydrogens is 455 g/mol. The normalized spacial score (nSPS) is 14.9. The van der Waals surface area contributed by atoms with Crippen molar-refractivity contribution >= 4 is 50.8 Å². The van der Waals surface area contributed by atoms with E-state index < -0.39 is 28.5 Å². The first-order valence-electron chi connectivity index (χ1n) is 8.88. The van der Waals surface area contributed by atoms with Gasteiger partial charge in [-0.1, -0.05) is 29.3 Å². The van der Waals surface area contributed by atoms with E-state index in [-0.39, 0.29) is 33.6 Å². The Kier molecular flexibility index (Phi) is 7.32. The van der Waals surface area contributed by atoms with Crippen molar-refractivity contribution in [2.45, 2.75) is 4.90 Å². The number of halogens is 2. The van der Waals surface area contributed by atoms with Gasteiger partial charge in [-0.3, -0.25) is 4.79 Å². The number of anilines is 1. The van der Waals surface area contributed by atoms with Gasteiger partial charge in [0, 0.05) is 13.1 Å². The molecule has 1 amide bonds. The summed E-state index contributed by atoms with van der Waals surface area (Å²) >= 11 is 11.9. The number of benzene rings is 2. The van der Waals surface area contributed by atoms with Crippen molar-refractivity contribution in [3.05, 3.63) is 58.1 Å². The number of nitrogens with one attached hydrogen (secondary N) is 1. The molecule has 0 bridgehead atoms. The van der Waals surface area contributed by atoms with E-state index >= 15 is 0 Å². The largest absolute Gasteiger partial charge is 0.452 e. The fourth-order valence-electron chi connectivity index (χ4n) is 2.70. The highest BCUT2D eigenvalue weighted by Crippen LogP contribution is 2.29. The van der Waals surface area contributed by atoms with E-state index in [1.54, 1.807) is 18.2 Å². The molecule has 160 valence electrons. The number of carbonyl (C=O) groups is 2. The summed E-state index contributed by atoms with van der Waals surface area (Å²) in [4.78, 5) is 24.2. The number of nitrogens with zero attached hydrogens (tertiary/aromatic N) is 1. The zero-order chi connectivity index (χ0) is 21.7. The van der Waals surface area contributed by atoms with Gasteiger partial charge < -0.3 is 14.8 Å². The summed E-state index contributed by atoms with van der Waals surface area (Å²) in [5.74, 6) is -1.36. The van der Waals surface area contributed by atoms with Crippen LogP contribution in [0.4, 0.5) is 5.69 Å². The molecule has 0 aliphatic carbocycles. The Morgan fingerprint density at radius 3 is 2.40 bits per heavy atom. The molecule has 0 spiro atoms. The molecule has 0 radical (unpaired) electrons. The van der Waals surface area contributed by atoms with Crippen LogP contribution in [0.5, 0.6) is 0 Å². The van der Waals surface area contributed by atoms with E-state index in [9.17, 15) is 18.0 Å². The van der Waals surface area contributed by atoms with Crippen LogP contribution in [0, 0.1) is 0 Å². The third kappa shape index (κ3) is 5.30. The molecule has 1 aliphatic rings. The van der Waals surface area contributed by atoms with E-state index in [1.165, 1.54) is 28.6 Å². The number of sulfonamides is 1. The van der Waals surface area contributed by atoms with Crippen molar-refractivity contribution < 1.29 is 27.5 Å². The number of esters is 1. The molecule has 11 heteroatoms. The van der Waals surface area contributed by atoms with Crippen LogP contribution in [0.1, 0.15) is 10.4 Å². The highest BCUT2D eigenvalue weighted by Gasteiger charge is 2.26. The van der Waals surface area contributed by atoms with Crippen molar-refractivity contribution in [1.29, 1.82) is 0 Å². The van der Waals surface area contributed by atoms with Gasteiger partial charge in [0.05, 0.1) is 39.4 Å². The first kappa shape index (κ1) is 22.5. The van der Waals surface area contributed by atoms with Crippen LogP contribution in [-0.4, -0.2) is 57.5 Å². The first-order valence-corrected chi connectivity index (χ1v) is 11.1. The lowest BCUT2D eigenvalue weighted by molar-refractivity contribution is -0.119. The third-order valence-electron chi connectivity index (χ3n) is 4.26. The molecule has 0 unspecified atom stereocenters. The molecule has 2 aromatic carbocycles. The molecular formula is C19H18Cl2N2O6S. The van der Waals surface area contributed by atoms with Gasteiger partial charge in [-0.25, -0.2) is 13.2 Å². The maximum atomic E-state index is 12.6. The Hall–Kier alpha value is -2.17. The minimum Gasteiger partial charge on any atom is -0.452 e. The van der Waals surface area contributed by atoms with E-state index in [2.05, 4.69) is 5.32 Å². The molecule has 3 rings (SSSR count). The summed E-state index contributed by atoms with van der Waals surface area (Å²) in [5, 5.41) is 2.95. The number of hydrogen-bond donors (Lipinski definition) is 1. The maximum Gasteiger partial charge on any atom is 0.338 e. The summed E-state index contributed by atoms with van der Waals surface area (Å²) in [6.45, 7) is 0.684. The molecule has 1 saturated heterocycles. The molecule has 1 N–H and O–H groups in total. The summed E-state index contributed by atoms with van der Waals surface area (Å²) < 4.78 is 36.6. The van der Waals surface area contributed by atoms with Gasteiger partial charge in [-0.15, -0.1) is 0 Å². The zero-order valence-corrected chi connectivity index (χ0v) is 18.0. The molecule has 0 aromatic heterocycles. The van der Waals surface area contributed by atoms with Crippen LogP contribution in [0.2, 0.25) is 10.0 Å². The lowest BCUT2D eigenvalue weighted by Crippen LogP contribution is -2.40. The van der Waals surface area contributed by atoms with Crippen LogP contribution >= 0.6 is 23.2 Å². The van der Waals surface area contributed by atoms with Crippen molar-refractivity contribution in [1.82, 2.24) is 4.31 Å². The molecule has 0 atom stereocenters. The monoisotopic (exact) mass is 472 g/mol. The Labute approximate surface area is 183 Å². The SMILES string of the molecule is O=C(COC(=O)c1ccc(S(=O)(=O)N2CCOCC2)cc1)Nc1cccc(Cl)c1Cl. The second-order valence-corrected chi connectivity index (χ2v) is 8.99. The van der Waals surface area contributed by atoms with E-state index in [0.29, 0.717) is 18.9 Å². The molecule has 8 nitrogen and oxygen atoms in total. The predicted octanol–water partition coefficient (Wildman–Crippen LogP) is 2.81. The Bertz CT molecular complexity index is 1040. The number of rotatable bonds is 6. The summed E-state index contributed by atoms with van der Waals surface area (Å²) in [6, 6.07) is 10.1. The number of ether oxygens (including phenoxy) is 2. The zero-order valence-electron chi connectivity index (χ0n) is 15.6. The topological polar surface area (TPSA) is 102 Å². The van der Waals surface area contributed by atoms with E-state index in [4.69, 9.17) is 32.7 Å². The molecule has 1 aliphatic heterocycles. The summed E-state index contributed by atoms with van der Waals surface area (Å²) in [6.07, 6.45) is 0. The van der Waals surface area contributed by atoms with Crippen molar-refractivity contribution in [3.63, 3.8) is 0 Å². The number of hydrogen-bond acceptors (Lipinski definition) is 6. The van der Waals surface area contributed by atoms with Gasteiger partial charge in [0.15, 0.2) is 6.61 Å². The van der Waals surface area contributed by atoms with Gasteiger partial charge in [0.25, 0.3) is 5.91 Å². The van der Waals surface area contributed by atoms with E-state index in [0.717, 1.165) is 0 Å². The fraction of sp³-hybridized carbons (Fsp3) is 0.263. The number of morpholine rings is 1. The van der Waals surface area contributed by atoms with E-state index in [1.807, 2.05) is 0 Å². The Morgan fingerprint density at radius 1 is 1.07 bits per heavy atom. The molecule has 2 aromatic rings. The van der Waals surface area contributed by atoms with Gasteiger partial charge in [-0.05, 0) is 36.4 Å². The van der Waals surface area contributed by atoms with Crippen molar-refractivity contribution in [2.24, 2.45) is 0 Å². The van der Waals surface area contributed by atoms with Gasteiger partial charge in [0.2, 0.25) is 10.0 Å². The van der Waals surface area contributed by atoms with Crippen molar-refractivity contribution in [3.8, 4) is 0 Å². The lowest BCUT2D eigenvalue weighted by Gasteiger charge is -2.26. The minimum absolute atomic E-state index is 0.0642. The quantitative estimate of drug-likeness (QED) is 0.648. The second-order valence-electron chi connectivity index (χ2n) is 6.27. The second kappa shape index (κ2) is 9.76. The summed E-state index contributed by atoms with van der Waals surface area (Å²) in [7, 11) is -3.66. The molecule has 30 heavy (non-hydrogen) atoms. The fourth-order valence-corrected chi connectivity index (χ4v) is 4.46. The third-order valence-corrected chi connectivity index (χ3v) is 6.99. The van der Waals surface area contributed by atoms with Gasteiger partial charge >= 0.3 is 5.97 Å². The first-order chi connectivity index (χ1) is 14.3.